The molecule has 0 saturated heterocycles. The normalized spacial score (nSPS) is 10.4. The molecule has 0 saturated carbocycles. The van der Waals surface area contributed by atoms with Crippen molar-refractivity contribution in [3.63, 3.8) is 0 Å². The lowest BCUT2D eigenvalue weighted by atomic mass is 10.1. The molecule has 2 N–H and O–H groups in total. The summed E-state index contributed by atoms with van der Waals surface area (Å²) in [7, 11) is 0. The Hall–Kier alpha value is -1.61. The van der Waals surface area contributed by atoms with Crippen LogP contribution in [0.5, 0.6) is 0 Å². The molecule has 0 spiro atoms. The number of aliphatic hydroxyl groups is 1. The second-order valence-corrected chi connectivity index (χ2v) is 3.20. The summed E-state index contributed by atoms with van der Waals surface area (Å²) in [5.74, 6) is 0. The lowest BCUT2D eigenvalue weighted by molar-refractivity contribution is 0.281. The molecule has 0 bridgehead atoms. The first-order valence-electron chi connectivity index (χ1n) is 4.53. The zero-order valence-electron chi connectivity index (χ0n) is 7.99. The van der Waals surface area contributed by atoms with Gasteiger partial charge in [0, 0.05) is 16.8 Å². The molecule has 0 aliphatic heterocycles. The van der Waals surface area contributed by atoms with E-state index in [4.69, 9.17) is 0 Å². The molecule has 3 nitrogen and oxygen atoms in total. The van der Waals surface area contributed by atoms with Gasteiger partial charge in [-0.2, -0.15) is 5.10 Å². The van der Waals surface area contributed by atoms with Crippen LogP contribution in [0.4, 0.5) is 0 Å². The van der Waals surface area contributed by atoms with E-state index in [1.54, 1.807) is 0 Å². The van der Waals surface area contributed by atoms with Gasteiger partial charge in [0.2, 0.25) is 0 Å². The van der Waals surface area contributed by atoms with Crippen LogP contribution in [0.1, 0.15) is 11.3 Å². The summed E-state index contributed by atoms with van der Waals surface area (Å²) >= 11 is 0. The summed E-state index contributed by atoms with van der Waals surface area (Å²) in [6.07, 6.45) is 0. The largest absolute Gasteiger partial charge is 0.392 e. The summed E-state index contributed by atoms with van der Waals surface area (Å²) in [4.78, 5) is 0. The average Bonchev–Trinajstić information content (AvgIpc) is 2.61. The Morgan fingerprint density at radius 2 is 2.00 bits per heavy atom. The summed E-state index contributed by atoms with van der Waals surface area (Å²) in [6, 6.07) is 9.84. The number of rotatable bonds is 2. The van der Waals surface area contributed by atoms with Crippen LogP contribution >= 0.6 is 0 Å². The molecule has 1 aromatic carbocycles. The first-order chi connectivity index (χ1) is 6.83. The van der Waals surface area contributed by atoms with Crippen molar-refractivity contribution in [1.29, 1.82) is 0 Å². The Bertz CT molecular complexity index is 420. The number of benzene rings is 1. The Labute approximate surface area is 82.4 Å². The minimum Gasteiger partial charge on any atom is -0.392 e. The maximum atomic E-state index is 9.19. The third kappa shape index (κ3) is 1.42. The number of aryl methyl sites for hydroxylation is 1. The second kappa shape index (κ2) is 3.64. The molecule has 0 aliphatic rings. The molecule has 0 atom stereocenters. The Morgan fingerprint density at radius 1 is 1.29 bits per heavy atom. The molecular formula is C11H12N2O. The Kier molecular flexibility index (Phi) is 2.33. The zero-order chi connectivity index (χ0) is 9.97. The minimum atomic E-state index is 0.0204. The van der Waals surface area contributed by atoms with E-state index in [1.807, 2.05) is 37.3 Å². The van der Waals surface area contributed by atoms with Gasteiger partial charge in [0.25, 0.3) is 0 Å². The molecule has 1 heterocycles. The number of aliphatic hydroxyl groups excluding tert-OH is 1. The first-order valence-corrected chi connectivity index (χ1v) is 4.53. The van der Waals surface area contributed by atoms with E-state index in [-0.39, 0.29) is 6.61 Å². The standard InChI is InChI=1S/C11H12N2O/c1-8-10(7-14)11(13-12-8)9-5-3-2-4-6-9/h2-6,14H,7H2,1H3,(H,12,13). The quantitative estimate of drug-likeness (QED) is 0.756. The highest BCUT2D eigenvalue weighted by Gasteiger charge is 2.09. The molecule has 2 rings (SSSR count). The van der Waals surface area contributed by atoms with Crippen molar-refractivity contribution in [3.05, 3.63) is 41.6 Å². The van der Waals surface area contributed by atoms with E-state index >= 15 is 0 Å². The molecule has 1 aromatic heterocycles. The monoisotopic (exact) mass is 188 g/mol. The predicted molar refractivity (Wildman–Crippen MR) is 54.7 cm³/mol. The van der Waals surface area contributed by atoms with Gasteiger partial charge in [-0.3, -0.25) is 5.10 Å². The smallest absolute Gasteiger partial charge is 0.0978 e. The van der Waals surface area contributed by atoms with E-state index in [2.05, 4.69) is 10.2 Å². The van der Waals surface area contributed by atoms with Crippen molar-refractivity contribution in [1.82, 2.24) is 10.2 Å². The highest BCUT2D eigenvalue weighted by Crippen LogP contribution is 2.22. The van der Waals surface area contributed by atoms with Gasteiger partial charge in [0.05, 0.1) is 12.3 Å². The van der Waals surface area contributed by atoms with Crippen molar-refractivity contribution in [2.75, 3.05) is 0 Å². The minimum absolute atomic E-state index is 0.0204. The van der Waals surface area contributed by atoms with E-state index in [9.17, 15) is 5.11 Å². The molecule has 2 aromatic rings. The van der Waals surface area contributed by atoms with Crippen molar-refractivity contribution >= 4 is 0 Å². The van der Waals surface area contributed by atoms with E-state index in [0.717, 1.165) is 22.5 Å². The van der Waals surface area contributed by atoms with Gasteiger partial charge in [-0.25, -0.2) is 0 Å². The highest BCUT2D eigenvalue weighted by molar-refractivity contribution is 5.63. The molecule has 14 heavy (non-hydrogen) atoms. The van der Waals surface area contributed by atoms with Crippen molar-refractivity contribution in [3.8, 4) is 11.3 Å². The topological polar surface area (TPSA) is 48.9 Å². The number of H-pyrrole nitrogens is 1. The van der Waals surface area contributed by atoms with Gasteiger partial charge in [0.1, 0.15) is 0 Å². The lowest BCUT2D eigenvalue weighted by Crippen LogP contribution is -1.87. The molecule has 0 unspecified atom stereocenters. The molecule has 0 fully saturated rings. The number of hydrogen-bond donors (Lipinski definition) is 2. The predicted octanol–water partition coefficient (Wildman–Crippen LogP) is 1.88. The average molecular weight is 188 g/mol. The molecule has 0 radical (unpaired) electrons. The maximum Gasteiger partial charge on any atom is 0.0978 e. The highest BCUT2D eigenvalue weighted by atomic mass is 16.3. The second-order valence-electron chi connectivity index (χ2n) is 3.20. The molecular weight excluding hydrogens is 176 g/mol. The fraction of sp³-hybridized carbons (Fsp3) is 0.182. The number of nitrogens with one attached hydrogen (secondary N) is 1. The fourth-order valence-corrected chi connectivity index (χ4v) is 1.48. The van der Waals surface area contributed by atoms with Crippen LogP contribution in [-0.2, 0) is 6.61 Å². The fourth-order valence-electron chi connectivity index (χ4n) is 1.48. The third-order valence-corrected chi connectivity index (χ3v) is 2.28. The number of aromatic nitrogens is 2. The number of hydrogen-bond acceptors (Lipinski definition) is 2. The zero-order valence-corrected chi connectivity index (χ0v) is 7.99. The van der Waals surface area contributed by atoms with Gasteiger partial charge in [-0.1, -0.05) is 30.3 Å². The summed E-state index contributed by atoms with van der Waals surface area (Å²) < 4.78 is 0. The van der Waals surface area contributed by atoms with Crippen LogP contribution in [0.2, 0.25) is 0 Å². The summed E-state index contributed by atoms with van der Waals surface area (Å²) in [5, 5.41) is 16.2. The third-order valence-electron chi connectivity index (χ3n) is 2.28. The van der Waals surface area contributed by atoms with E-state index < -0.39 is 0 Å². The van der Waals surface area contributed by atoms with Crippen LogP contribution in [-0.4, -0.2) is 15.3 Å². The summed E-state index contributed by atoms with van der Waals surface area (Å²) in [5.41, 5.74) is 3.66. The Balaban J connectivity index is 2.52. The maximum absolute atomic E-state index is 9.19. The van der Waals surface area contributed by atoms with Gasteiger partial charge in [-0.05, 0) is 6.92 Å². The van der Waals surface area contributed by atoms with Gasteiger partial charge in [-0.15, -0.1) is 0 Å². The van der Waals surface area contributed by atoms with Crippen LogP contribution in [0.25, 0.3) is 11.3 Å². The van der Waals surface area contributed by atoms with Gasteiger partial charge < -0.3 is 5.11 Å². The van der Waals surface area contributed by atoms with Crippen molar-refractivity contribution in [2.24, 2.45) is 0 Å². The van der Waals surface area contributed by atoms with E-state index in [0.29, 0.717) is 0 Å². The van der Waals surface area contributed by atoms with Crippen molar-refractivity contribution in [2.45, 2.75) is 13.5 Å². The van der Waals surface area contributed by atoms with Crippen LogP contribution in [0, 0.1) is 6.92 Å². The molecule has 3 heteroatoms. The number of nitrogens with zero attached hydrogens (tertiary/aromatic N) is 1. The SMILES string of the molecule is Cc1[nH]nc(-c2ccccc2)c1CO. The van der Waals surface area contributed by atoms with Crippen molar-refractivity contribution < 1.29 is 5.11 Å². The molecule has 0 aliphatic carbocycles. The van der Waals surface area contributed by atoms with Gasteiger partial charge in [0.15, 0.2) is 0 Å². The first kappa shape index (κ1) is 8.97. The summed E-state index contributed by atoms with van der Waals surface area (Å²) in [6.45, 7) is 1.93. The molecule has 72 valence electrons. The van der Waals surface area contributed by atoms with Crippen LogP contribution in [0.3, 0.4) is 0 Å². The van der Waals surface area contributed by atoms with E-state index in [1.165, 1.54) is 0 Å². The lowest BCUT2D eigenvalue weighted by Gasteiger charge is -1.99. The number of aromatic amines is 1. The van der Waals surface area contributed by atoms with Crippen LogP contribution in [0.15, 0.2) is 30.3 Å². The van der Waals surface area contributed by atoms with Gasteiger partial charge >= 0.3 is 0 Å². The molecule has 0 amide bonds. The Morgan fingerprint density at radius 3 is 2.64 bits per heavy atom. The van der Waals surface area contributed by atoms with Crippen LogP contribution < -0.4 is 0 Å².